The molecule has 2 atom stereocenters. The molecule has 1 amide bonds. The predicted octanol–water partition coefficient (Wildman–Crippen LogP) is 4.64. The van der Waals surface area contributed by atoms with Gasteiger partial charge in [-0.2, -0.15) is 13.2 Å². The van der Waals surface area contributed by atoms with Gasteiger partial charge in [-0.25, -0.2) is 4.98 Å². The van der Waals surface area contributed by atoms with Gasteiger partial charge in [0.15, 0.2) is 0 Å². The number of anilines is 1. The Kier molecular flexibility index (Phi) is 10.0. The average Bonchev–Trinajstić information content (AvgIpc) is 2.96. The molecule has 2 aromatic rings. The summed E-state index contributed by atoms with van der Waals surface area (Å²) in [4.78, 5) is 20.9. The number of benzene rings is 1. The first-order valence-corrected chi connectivity index (χ1v) is 14.4. The van der Waals surface area contributed by atoms with Crippen molar-refractivity contribution in [2.75, 3.05) is 44.7 Å². The number of ether oxygens (including phenoxy) is 1. The van der Waals surface area contributed by atoms with Crippen molar-refractivity contribution in [3.63, 3.8) is 0 Å². The van der Waals surface area contributed by atoms with Crippen molar-refractivity contribution in [1.29, 1.82) is 0 Å². The Balaban J connectivity index is 1.31. The highest BCUT2D eigenvalue weighted by molar-refractivity contribution is 6.30. The van der Waals surface area contributed by atoms with Crippen molar-refractivity contribution in [2.45, 2.75) is 57.0 Å². The van der Waals surface area contributed by atoms with E-state index < -0.39 is 29.5 Å². The molecule has 3 heterocycles. The highest BCUT2D eigenvalue weighted by atomic mass is 35.5. The summed E-state index contributed by atoms with van der Waals surface area (Å²) in [5, 5.41) is 23.8. The molecule has 1 aromatic carbocycles. The molecule has 2 unspecified atom stereocenters. The number of aliphatic hydroxyl groups excluding tert-OH is 1. The molecule has 0 spiro atoms. The topological polar surface area (TPSA) is 98.2 Å². The number of nitrogens with zero attached hydrogens (tertiary/aromatic N) is 3. The van der Waals surface area contributed by atoms with Crippen molar-refractivity contribution in [2.24, 2.45) is 11.8 Å². The Labute approximate surface area is 243 Å². The van der Waals surface area contributed by atoms with E-state index in [4.69, 9.17) is 16.3 Å². The molecule has 226 valence electrons. The van der Waals surface area contributed by atoms with Gasteiger partial charge in [0.2, 0.25) is 0 Å². The van der Waals surface area contributed by atoms with Gasteiger partial charge in [0.1, 0.15) is 22.9 Å². The number of rotatable bonds is 9. The number of piperidine rings is 2. The molecule has 2 aliphatic rings. The van der Waals surface area contributed by atoms with Crippen LogP contribution >= 0.6 is 11.6 Å². The lowest BCUT2D eigenvalue weighted by atomic mass is 9.82. The molecular formula is C29H38ClF3N4O4. The summed E-state index contributed by atoms with van der Waals surface area (Å²) in [6, 6.07) is 8.64. The highest BCUT2D eigenvalue weighted by Crippen LogP contribution is 2.42. The van der Waals surface area contributed by atoms with Gasteiger partial charge in [-0.05, 0) is 82.2 Å². The molecule has 0 radical (unpaired) electrons. The van der Waals surface area contributed by atoms with E-state index in [0.717, 1.165) is 55.2 Å². The smallest absolute Gasteiger partial charge is 0.430 e. The third-order valence-corrected chi connectivity index (χ3v) is 8.52. The van der Waals surface area contributed by atoms with Crippen LogP contribution in [0.2, 0.25) is 5.15 Å². The first-order chi connectivity index (χ1) is 19.5. The zero-order valence-corrected chi connectivity index (χ0v) is 24.1. The number of alkyl halides is 3. The van der Waals surface area contributed by atoms with Gasteiger partial charge in [0, 0.05) is 37.3 Å². The number of carbonyl (C=O) groups excluding carboxylic acids is 1. The Morgan fingerprint density at radius 3 is 2.32 bits per heavy atom. The Morgan fingerprint density at radius 2 is 1.76 bits per heavy atom. The Hall–Kier alpha value is -2.60. The van der Waals surface area contributed by atoms with E-state index in [-0.39, 0.29) is 30.6 Å². The van der Waals surface area contributed by atoms with Crippen LogP contribution in [0.25, 0.3) is 0 Å². The van der Waals surface area contributed by atoms with Gasteiger partial charge in [0.05, 0.1) is 6.61 Å². The minimum absolute atomic E-state index is 0.161. The molecule has 2 fully saturated rings. The number of amides is 1. The summed E-state index contributed by atoms with van der Waals surface area (Å²) in [6.07, 6.45) is -2.06. The van der Waals surface area contributed by atoms with E-state index in [1.54, 1.807) is 20.0 Å². The summed E-state index contributed by atoms with van der Waals surface area (Å²) in [6.45, 7) is 3.88. The van der Waals surface area contributed by atoms with Crippen LogP contribution in [0.4, 0.5) is 19.0 Å². The van der Waals surface area contributed by atoms with Crippen molar-refractivity contribution in [3.8, 4) is 5.75 Å². The van der Waals surface area contributed by atoms with Gasteiger partial charge in [-0.15, -0.1) is 0 Å². The van der Waals surface area contributed by atoms with E-state index >= 15 is 0 Å². The largest absolute Gasteiger partial charge is 0.494 e. The fourth-order valence-corrected chi connectivity index (χ4v) is 6.08. The molecule has 41 heavy (non-hydrogen) atoms. The number of halogens is 4. The minimum Gasteiger partial charge on any atom is -0.494 e. The monoisotopic (exact) mass is 598 g/mol. The minimum atomic E-state index is -5.19. The number of likely N-dealkylation sites (tertiary alicyclic amines) is 1. The molecule has 2 aliphatic heterocycles. The zero-order valence-electron chi connectivity index (χ0n) is 23.3. The van der Waals surface area contributed by atoms with Crippen LogP contribution in [-0.2, 0) is 10.4 Å². The molecule has 4 rings (SSSR count). The van der Waals surface area contributed by atoms with Crippen LogP contribution < -0.4 is 15.0 Å². The summed E-state index contributed by atoms with van der Waals surface area (Å²) in [7, 11) is 1.63. The van der Waals surface area contributed by atoms with Crippen LogP contribution in [0.5, 0.6) is 5.75 Å². The molecule has 0 aliphatic carbocycles. The third kappa shape index (κ3) is 6.90. The molecule has 1 aromatic heterocycles. The summed E-state index contributed by atoms with van der Waals surface area (Å²) in [5.74, 6) is 0.341. The Morgan fingerprint density at radius 1 is 1.12 bits per heavy atom. The average molecular weight is 599 g/mol. The normalized spacial score (nSPS) is 19.6. The van der Waals surface area contributed by atoms with Gasteiger partial charge in [-0.1, -0.05) is 23.7 Å². The molecule has 0 saturated carbocycles. The van der Waals surface area contributed by atoms with Gasteiger partial charge >= 0.3 is 6.18 Å². The fraction of sp³-hybridized carbons (Fsp3) is 0.586. The summed E-state index contributed by atoms with van der Waals surface area (Å²) >= 11 is 6.27. The van der Waals surface area contributed by atoms with Crippen LogP contribution in [0, 0.1) is 11.8 Å². The van der Waals surface area contributed by atoms with Gasteiger partial charge in [0.25, 0.3) is 11.5 Å². The van der Waals surface area contributed by atoms with Crippen LogP contribution in [0.3, 0.4) is 0 Å². The van der Waals surface area contributed by atoms with Crippen LogP contribution in [0.15, 0.2) is 36.4 Å². The number of carbonyl (C=O) groups is 1. The predicted molar refractivity (Wildman–Crippen MR) is 150 cm³/mol. The van der Waals surface area contributed by atoms with E-state index in [1.807, 2.05) is 6.07 Å². The number of hydrogen-bond donors (Lipinski definition) is 3. The zero-order chi connectivity index (χ0) is 29.8. The van der Waals surface area contributed by atoms with Crippen molar-refractivity contribution in [1.82, 2.24) is 15.2 Å². The second kappa shape index (κ2) is 13.1. The molecule has 2 saturated heterocycles. The van der Waals surface area contributed by atoms with Gasteiger partial charge in [-0.3, -0.25) is 10.1 Å². The van der Waals surface area contributed by atoms with E-state index in [1.165, 1.54) is 12.1 Å². The molecule has 0 bridgehead atoms. The van der Waals surface area contributed by atoms with E-state index in [9.17, 15) is 28.2 Å². The molecule has 3 N–H and O–H groups in total. The van der Waals surface area contributed by atoms with E-state index in [2.05, 4.69) is 15.2 Å². The molecule has 12 heteroatoms. The number of aliphatic hydroxyl groups is 2. The Bertz CT molecular complexity index is 1190. The molecular weight excluding hydrogens is 561 g/mol. The first-order valence-electron chi connectivity index (χ1n) is 14.1. The quantitative estimate of drug-likeness (QED) is 0.286. The number of pyridine rings is 1. The standard InChI is InChI=1S/C29H38ClF3N4O4/c1-3-41-22-6-4-5-21(18-22)28(40,29(31,32)33)27(39)37-15-11-20(12-16-37)17-19-9-13-36(14-10-19)24-8-7-23(25(30)35-24)26(38)34-2/h4-8,18-20,26,34,38,40H,3,9-17H2,1-2H3. The number of aromatic nitrogens is 1. The lowest BCUT2D eigenvalue weighted by molar-refractivity contribution is -0.262. The SMILES string of the molecule is CCOc1cccc(C(O)(C(=O)N2CCC(CC3CCN(c4ccc(C(O)NC)c(Cl)n4)CC3)CC2)C(F)(F)F)c1. The van der Waals surface area contributed by atoms with Crippen molar-refractivity contribution < 1.29 is 32.9 Å². The molecule has 8 nitrogen and oxygen atoms in total. The van der Waals surface area contributed by atoms with Crippen molar-refractivity contribution >= 4 is 23.3 Å². The van der Waals surface area contributed by atoms with Gasteiger partial charge < -0.3 is 24.7 Å². The first kappa shape index (κ1) is 31.3. The fourth-order valence-electron chi connectivity index (χ4n) is 5.83. The maximum Gasteiger partial charge on any atom is 0.430 e. The van der Waals surface area contributed by atoms with Crippen molar-refractivity contribution in [3.05, 3.63) is 52.7 Å². The second-order valence-corrected chi connectivity index (χ2v) is 11.2. The van der Waals surface area contributed by atoms with Crippen LogP contribution in [-0.4, -0.2) is 72.0 Å². The maximum absolute atomic E-state index is 14.2. The van der Waals surface area contributed by atoms with Crippen LogP contribution in [0.1, 0.15) is 56.4 Å². The second-order valence-electron chi connectivity index (χ2n) is 10.8. The van der Waals surface area contributed by atoms with E-state index in [0.29, 0.717) is 30.2 Å². The highest BCUT2D eigenvalue weighted by Gasteiger charge is 2.62. The lowest BCUT2D eigenvalue weighted by Gasteiger charge is -2.40. The summed E-state index contributed by atoms with van der Waals surface area (Å²) in [5.41, 5.74) is -3.66. The number of hydrogen-bond acceptors (Lipinski definition) is 7. The lowest BCUT2D eigenvalue weighted by Crippen LogP contribution is -2.57. The summed E-state index contributed by atoms with van der Waals surface area (Å²) < 4.78 is 47.8. The third-order valence-electron chi connectivity index (χ3n) is 8.22. The maximum atomic E-state index is 14.2. The number of nitrogens with one attached hydrogen (secondary N) is 1.